The van der Waals surface area contributed by atoms with Crippen molar-refractivity contribution in [1.29, 1.82) is 0 Å². The number of hydrogen-bond acceptors (Lipinski definition) is 6. The van der Waals surface area contributed by atoms with E-state index in [4.69, 9.17) is 20.8 Å². The fourth-order valence-corrected chi connectivity index (χ4v) is 3.21. The van der Waals surface area contributed by atoms with Crippen LogP contribution in [0.25, 0.3) is 0 Å². The molecule has 164 valence electrons. The van der Waals surface area contributed by atoms with Gasteiger partial charge in [-0.1, -0.05) is 23.4 Å². The second-order valence-corrected chi connectivity index (χ2v) is 7.85. The predicted octanol–water partition coefficient (Wildman–Crippen LogP) is 5.58. The van der Waals surface area contributed by atoms with Crippen molar-refractivity contribution in [3.05, 3.63) is 64.8 Å². The second-order valence-electron chi connectivity index (χ2n) is 6.15. The SMILES string of the molecule is CC(Sc1nnc(COc2ccc(F)cc2)o1)C(=O)Nc1ccc(Cl)c(C(F)(F)F)c1. The normalized spacial score (nSPS) is 12.5. The largest absolute Gasteiger partial charge is 0.484 e. The van der Waals surface area contributed by atoms with E-state index in [0.717, 1.165) is 23.9 Å². The minimum absolute atomic E-state index is 0.0481. The average Bonchev–Trinajstić information content (AvgIpc) is 3.15. The number of carbonyl (C=O) groups excluding carboxylic acids is 1. The minimum Gasteiger partial charge on any atom is -0.484 e. The van der Waals surface area contributed by atoms with Gasteiger partial charge < -0.3 is 14.5 Å². The van der Waals surface area contributed by atoms with Crippen molar-refractivity contribution in [2.75, 3.05) is 5.32 Å². The first-order chi connectivity index (χ1) is 14.6. The number of thioether (sulfide) groups is 1. The first kappa shape index (κ1) is 22.9. The maximum atomic E-state index is 12.9. The van der Waals surface area contributed by atoms with Crippen LogP contribution in [0, 0.1) is 5.82 Å². The molecule has 12 heteroatoms. The van der Waals surface area contributed by atoms with Crippen LogP contribution in [0.3, 0.4) is 0 Å². The van der Waals surface area contributed by atoms with Gasteiger partial charge in [0, 0.05) is 5.69 Å². The number of amides is 1. The van der Waals surface area contributed by atoms with Crippen molar-refractivity contribution in [3.63, 3.8) is 0 Å². The summed E-state index contributed by atoms with van der Waals surface area (Å²) in [7, 11) is 0. The van der Waals surface area contributed by atoms with Crippen LogP contribution >= 0.6 is 23.4 Å². The first-order valence-electron chi connectivity index (χ1n) is 8.67. The molecular weight excluding hydrogens is 462 g/mol. The maximum absolute atomic E-state index is 12.9. The number of benzene rings is 2. The van der Waals surface area contributed by atoms with E-state index < -0.39 is 33.7 Å². The van der Waals surface area contributed by atoms with E-state index in [1.54, 1.807) is 0 Å². The Morgan fingerprint density at radius 2 is 1.94 bits per heavy atom. The lowest BCUT2D eigenvalue weighted by molar-refractivity contribution is -0.137. The van der Waals surface area contributed by atoms with Gasteiger partial charge in [0.05, 0.1) is 15.8 Å². The van der Waals surface area contributed by atoms with Crippen molar-refractivity contribution >= 4 is 35.0 Å². The third kappa shape index (κ3) is 6.34. The summed E-state index contributed by atoms with van der Waals surface area (Å²) in [5, 5.41) is 8.83. The van der Waals surface area contributed by atoms with E-state index in [0.29, 0.717) is 5.75 Å². The molecule has 0 saturated carbocycles. The van der Waals surface area contributed by atoms with Crippen LogP contribution in [0.2, 0.25) is 5.02 Å². The molecule has 3 aromatic rings. The van der Waals surface area contributed by atoms with Crippen LogP contribution in [-0.2, 0) is 17.6 Å². The van der Waals surface area contributed by atoms with Crippen molar-refractivity contribution < 1.29 is 31.5 Å². The molecule has 6 nitrogen and oxygen atoms in total. The Morgan fingerprint density at radius 3 is 2.61 bits per heavy atom. The summed E-state index contributed by atoms with van der Waals surface area (Å²) in [5.41, 5.74) is -1.09. The van der Waals surface area contributed by atoms with E-state index >= 15 is 0 Å². The highest BCUT2D eigenvalue weighted by atomic mass is 35.5. The molecule has 0 fully saturated rings. The number of carbonyl (C=O) groups is 1. The molecule has 1 atom stereocenters. The zero-order valence-electron chi connectivity index (χ0n) is 15.7. The van der Waals surface area contributed by atoms with Gasteiger partial charge in [-0.05, 0) is 49.4 Å². The molecule has 0 bridgehead atoms. The van der Waals surface area contributed by atoms with Gasteiger partial charge in [-0.3, -0.25) is 4.79 Å². The van der Waals surface area contributed by atoms with Crippen LogP contribution < -0.4 is 10.1 Å². The Labute approximate surface area is 182 Å². The molecule has 2 aromatic carbocycles. The summed E-state index contributed by atoms with van der Waals surface area (Å²) in [6.45, 7) is 1.46. The van der Waals surface area contributed by atoms with Crippen LogP contribution in [0.5, 0.6) is 5.75 Å². The van der Waals surface area contributed by atoms with E-state index in [1.165, 1.54) is 37.3 Å². The molecule has 0 aliphatic rings. The lowest BCUT2D eigenvalue weighted by Gasteiger charge is -2.13. The van der Waals surface area contributed by atoms with Crippen molar-refractivity contribution in [2.24, 2.45) is 0 Å². The molecule has 1 unspecified atom stereocenters. The second kappa shape index (κ2) is 9.56. The quantitative estimate of drug-likeness (QED) is 0.355. The fourth-order valence-electron chi connectivity index (χ4n) is 2.29. The number of anilines is 1. The summed E-state index contributed by atoms with van der Waals surface area (Å²) < 4.78 is 62.5. The molecule has 0 saturated heterocycles. The molecule has 0 aliphatic carbocycles. The molecule has 0 radical (unpaired) electrons. The Balaban J connectivity index is 1.56. The predicted molar refractivity (Wildman–Crippen MR) is 105 cm³/mol. The Bertz CT molecular complexity index is 1060. The van der Waals surface area contributed by atoms with Crippen LogP contribution in [0.4, 0.5) is 23.2 Å². The molecule has 1 N–H and O–H groups in total. The highest BCUT2D eigenvalue weighted by Crippen LogP contribution is 2.36. The average molecular weight is 476 g/mol. The Morgan fingerprint density at radius 1 is 1.23 bits per heavy atom. The summed E-state index contributed by atoms with van der Waals surface area (Å²) >= 11 is 6.49. The number of nitrogens with zero attached hydrogens (tertiary/aromatic N) is 2. The smallest absolute Gasteiger partial charge is 0.417 e. The highest BCUT2D eigenvalue weighted by molar-refractivity contribution is 8.00. The molecule has 1 aromatic heterocycles. The maximum Gasteiger partial charge on any atom is 0.417 e. The number of aromatic nitrogens is 2. The zero-order valence-corrected chi connectivity index (χ0v) is 17.3. The molecule has 0 spiro atoms. The van der Waals surface area contributed by atoms with Crippen molar-refractivity contribution in [2.45, 2.75) is 30.2 Å². The van der Waals surface area contributed by atoms with E-state index in [-0.39, 0.29) is 23.4 Å². The fraction of sp³-hybridized carbons (Fsp3) is 0.211. The third-order valence-corrected chi connectivity index (χ3v) is 5.07. The van der Waals surface area contributed by atoms with Crippen molar-refractivity contribution in [3.8, 4) is 5.75 Å². The van der Waals surface area contributed by atoms with E-state index in [9.17, 15) is 22.4 Å². The van der Waals surface area contributed by atoms with Crippen LogP contribution in [0.15, 0.2) is 52.1 Å². The Hall–Kier alpha value is -2.79. The Kier molecular flexibility index (Phi) is 7.06. The summed E-state index contributed by atoms with van der Waals surface area (Å²) in [5.74, 6) is -0.429. The topological polar surface area (TPSA) is 77.2 Å². The standard InChI is InChI=1S/C19H14ClF4N3O3S/c1-10(17(28)25-12-4-7-15(20)14(8-12)19(22,23)24)31-18-27-26-16(30-18)9-29-13-5-2-11(21)3-6-13/h2-8,10H,9H2,1H3,(H,25,28). The van der Waals surface area contributed by atoms with Gasteiger partial charge in [0.15, 0.2) is 6.61 Å². The van der Waals surface area contributed by atoms with Gasteiger partial charge in [0.25, 0.3) is 11.1 Å². The molecule has 1 amide bonds. The summed E-state index contributed by atoms with van der Waals surface area (Å²) in [4.78, 5) is 12.3. The lowest BCUT2D eigenvalue weighted by atomic mass is 10.2. The first-order valence-corrected chi connectivity index (χ1v) is 9.92. The molecule has 1 heterocycles. The molecule has 3 rings (SSSR count). The number of halogens is 5. The minimum atomic E-state index is -4.64. The highest BCUT2D eigenvalue weighted by Gasteiger charge is 2.33. The number of rotatable bonds is 7. The van der Waals surface area contributed by atoms with Gasteiger partial charge >= 0.3 is 6.18 Å². The lowest BCUT2D eigenvalue weighted by Crippen LogP contribution is -2.22. The van der Waals surface area contributed by atoms with Gasteiger partial charge in [-0.25, -0.2) is 4.39 Å². The van der Waals surface area contributed by atoms with Gasteiger partial charge in [0.2, 0.25) is 5.91 Å². The summed E-state index contributed by atoms with van der Waals surface area (Å²) in [6.07, 6.45) is -4.64. The zero-order chi connectivity index (χ0) is 22.6. The number of alkyl halides is 3. The number of hydrogen-bond donors (Lipinski definition) is 1. The van der Waals surface area contributed by atoms with E-state index in [2.05, 4.69) is 15.5 Å². The van der Waals surface area contributed by atoms with Gasteiger partial charge in [0.1, 0.15) is 11.6 Å². The summed E-state index contributed by atoms with van der Waals surface area (Å²) in [6, 6.07) is 8.44. The van der Waals surface area contributed by atoms with Crippen molar-refractivity contribution in [1.82, 2.24) is 10.2 Å². The van der Waals surface area contributed by atoms with Crippen LogP contribution in [-0.4, -0.2) is 21.4 Å². The monoisotopic (exact) mass is 475 g/mol. The molecule has 31 heavy (non-hydrogen) atoms. The number of ether oxygens (including phenoxy) is 1. The molecular formula is C19H14ClF4N3O3S. The van der Waals surface area contributed by atoms with Gasteiger partial charge in [-0.15, -0.1) is 10.2 Å². The van der Waals surface area contributed by atoms with E-state index in [1.807, 2.05) is 0 Å². The van der Waals surface area contributed by atoms with Crippen LogP contribution in [0.1, 0.15) is 18.4 Å². The molecule has 0 aliphatic heterocycles. The number of nitrogens with one attached hydrogen (secondary N) is 1. The van der Waals surface area contributed by atoms with Gasteiger partial charge in [-0.2, -0.15) is 13.2 Å². The third-order valence-electron chi connectivity index (χ3n) is 3.81.